The summed E-state index contributed by atoms with van der Waals surface area (Å²) in [5, 5.41) is 8.84. The molecule has 2 aromatic heterocycles. The smallest absolute Gasteiger partial charge is 0.416 e. The second kappa shape index (κ2) is 9.98. The van der Waals surface area contributed by atoms with Gasteiger partial charge >= 0.3 is 12.4 Å². The first-order valence-corrected chi connectivity index (χ1v) is 13.5. The first-order chi connectivity index (χ1) is 18.4. The molecule has 1 aliphatic carbocycles. The maximum absolute atomic E-state index is 13.7. The van der Waals surface area contributed by atoms with Gasteiger partial charge in [-0.1, -0.05) is 12.5 Å². The number of hydrogen-bond acceptors (Lipinski definition) is 8. The minimum absolute atomic E-state index is 0.0538. The molecule has 0 saturated heterocycles. The molecule has 0 aliphatic heterocycles. The van der Waals surface area contributed by atoms with Crippen LogP contribution in [0.1, 0.15) is 52.3 Å². The number of hydrogen-bond donors (Lipinski definition) is 1. The minimum Gasteiger partial charge on any atom is -0.416 e. The van der Waals surface area contributed by atoms with E-state index in [0.717, 1.165) is 25.4 Å². The number of carbonyl (C=O) groups excluding carboxylic acids is 1. The Morgan fingerprint density at radius 2 is 1.73 bits per heavy atom. The number of halogens is 6. The van der Waals surface area contributed by atoms with Crippen molar-refractivity contribution in [2.24, 2.45) is 0 Å². The Hall–Kier alpha value is -3.82. The number of carbonyl (C=O) groups is 1. The van der Waals surface area contributed by atoms with Crippen LogP contribution in [0.4, 0.5) is 32.0 Å². The van der Waals surface area contributed by atoms with E-state index in [2.05, 4.69) is 25.5 Å². The van der Waals surface area contributed by atoms with Crippen molar-refractivity contribution < 1.29 is 44.3 Å². The van der Waals surface area contributed by atoms with Crippen LogP contribution >= 0.6 is 0 Å². The molecule has 0 spiro atoms. The molecular weight excluding hydrogens is 568 g/mol. The van der Waals surface area contributed by atoms with Crippen LogP contribution in [0.25, 0.3) is 0 Å². The quantitative estimate of drug-likeness (QED) is 0.383. The lowest BCUT2D eigenvalue weighted by atomic mass is 9.66. The summed E-state index contributed by atoms with van der Waals surface area (Å²) in [6.07, 6.45) is -7.74. The summed E-state index contributed by atoms with van der Waals surface area (Å²) in [4.78, 5) is 20.9. The van der Waals surface area contributed by atoms with Crippen molar-refractivity contribution in [2.45, 2.75) is 55.8 Å². The van der Waals surface area contributed by atoms with Gasteiger partial charge in [0.25, 0.3) is 11.8 Å². The van der Waals surface area contributed by atoms with Crippen LogP contribution in [0.2, 0.25) is 0 Å². The van der Waals surface area contributed by atoms with Crippen LogP contribution in [-0.4, -0.2) is 46.9 Å². The molecule has 1 aromatic carbocycles. The van der Waals surface area contributed by atoms with Crippen molar-refractivity contribution in [3.8, 4) is 11.8 Å². The van der Waals surface area contributed by atoms with Crippen LogP contribution in [0, 0.1) is 13.8 Å². The van der Waals surface area contributed by atoms with Gasteiger partial charge in [-0.15, -0.1) is 10.2 Å². The number of amides is 1. The van der Waals surface area contributed by atoms with Gasteiger partial charge in [-0.3, -0.25) is 4.79 Å². The molecule has 0 unspecified atom stereocenters. The van der Waals surface area contributed by atoms with Crippen molar-refractivity contribution in [3.05, 3.63) is 58.7 Å². The molecule has 0 bridgehead atoms. The second-order valence-electron chi connectivity index (χ2n) is 9.29. The normalized spacial score (nSPS) is 15.3. The summed E-state index contributed by atoms with van der Waals surface area (Å²) in [6.45, 7) is 2.24. The van der Waals surface area contributed by atoms with Crippen LogP contribution in [0.3, 0.4) is 0 Å². The van der Waals surface area contributed by atoms with Gasteiger partial charge in [0, 0.05) is 11.9 Å². The third-order valence-electron chi connectivity index (χ3n) is 6.54. The molecule has 4 rings (SSSR count). The first-order valence-electron chi connectivity index (χ1n) is 11.6. The number of sulfone groups is 1. The average Bonchev–Trinajstić information content (AvgIpc) is 2.78. The zero-order chi connectivity index (χ0) is 29.7. The number of aromatic nitrogens is 4. The molecule has 1 saturated carbocycles. The SMILES string of the molecule is Cc1nc(C2(C(F)(F)F)CCC2)cnc1Oc1nnc(C(F)(F)F)c(C)c1C(=O)Nc1cccc(S(C)(=O)=O)c1. The fraction of sp³-hybridized carbons (Fsp3) is 0.375. The Balaban J connectivity index is 1.73. The van der Waals surface area contributed by atoms with Crippen molar-refractivity contribution in [1.29, 1.82) is 0 Å². The molecule has 2 heterocycles. The average molecular weight is 590 g/mol. The van der Waals surface area contributed by atoms with Crippen molar-refractivity contribution in [1.82, 2.24) is 20.2 Å². The Morgan fingerprint density at radius 3 is 2.25 bits per heavy atom. The summed E-state index contributed by atoms with van der Waals surface area (Å²) >= 11 is 0. The van der Waals surface area contributed by atoms with E-state index in [4.69, 9.17) is 4.74 Å². The van der Waals surface area contributed by atoms with Gasteiger partial charge < -0.3 is 10.1 Å². The predicted octanol–water partition coefficient (Wildman–Crippen LogP) is 5.33. The molecule has 1 aliphatic rings. The van der Waals surface area contributed by atoms with E-state index in [-0.39, 0.29) is 34.8 Å². The van der Waals surface area contributed by atoms with Gasteiger partial charge in [0.1, 0.15) is 16.7 Å². The molecule has 3 aromatic rings. The Morgan fingerprint density at radius 1 is 1.05 bits per heavy atom. The molecule has 16 heteroatoms. The number of ether oxygens (including phenoxy) is 1. The summed E-state index contributed by atoms with van der Waals surface area (Å²) < 4.78 is 111. The van der Waals surface area contributed by atoms with Gasteiger partial charge in [0.2, 0.25) is 5.88 Å². The highest BCUT2D eigenvalue weighted by atomic mass is 32.2. The summed E-state index contributed by atoms with van der Waals surface area (Å²) in [5.74, 6) is -2.27. The van der Waals surface area contributed by atoms with Gasteiger partial charge in [-0.05, 0) is 50.5 Å². The zero-order valence-electron chi connectivity index (χ0n) is 21.1. The molecule has 1 N–H and O–H groups in total. The Labute approximate surface area is 223 Å². The van der Waals surface area contributed by atoms with Gasteiger partial charge in [0.15, 0.2) is 15.5 Å². The molecule has 0 atom stereocenters. The molecule has 0 radical (unpaired) electrons. The first kappa shape index (κ1) is 29.2. The molecule has 9 nitrogen and oxygen atoms in total. The van der Waals surface area contributed by atoms with Crippen LogP contribution < -0.4 is 10.1 Å². The lowest BCUT2D eigenvalue weighted by molar-refractivity contribution is -0.214. The second-order valence-corrected chi connectivity index (χ2v) is 11.3. The summed E-state index contributed by atoms with van der Waals surface area (Å²) in [7, 11) is -3.67. The number of aryl methyl sites for hydroxylation is 1. The van der Waals surface area contributed by atoms with Gasteiger partial charge in [0.05, 0.1) is 16.8 Å². The Kier molecular flexibility index (Phi) is 7.28. The fourth-order valence-corrected chi connectivity index (χ4v) is 4.88. The van der Waals surface area contributed by atoms with Gasteiger partial charge in [-0.25, -0.2) is 18.4 Å². The standard InChI is InChI=1S/C24H21F6N5O4S/c1-12-17(19(36)33-14-6-4-7-15(10-14)40(3,37)38)21(35-34-18(12)23(25,26)27)39-20-13(2)32-16(11-31-20)22(8-5-9-22)24(28,29)30/h4,6-7,10-11H,5,8-9H2,1-3H3,(H,33,36). The molecule has 40 heavy (non-hydrogen) atoms. The fourth-order valence-electron chi connectivity index (χ4n) is 4.21. The highest BCUT2D eigenvalue weighted by Gasteiger charge is 2.60. The number of nitrogens with one attached hydrogen (secondary N) is 1. The van der Waals surface area contributed by atoms with E-state index in [1.54, 1.807) is 0 Å². The van der Waals surface area contributed by atoms with Crippen LogP contribution in [-0.2, 0) is 21.4 Å². The Bertz CT molecular complexity index is 1590. The molecule has 1 amide bonds. The minimum atomic E-state index is -4.99. The highest BCUT2D eigenvalue weighted by Crippen LogP contribution is 2.54. The van der Waals surface area contributed by atoms with Gasteiger partial charge in [-0.2, -0.15) is 26.3 Å². The van der Waals surface area contributed by atoms with Crippen molar-refractivity contribution in [2.75, 3.05) is 11.6 Å². The summed E-state index contributed by atoms with van der Waals surface area (Å²) in [6, 6.07) is 5.00. The van der Waals surface area contributed by atoms with Crippen molar-refractivity contribution >= 4 is 21.4 Å². The monoisotopic (exact) mass is 589 g/mol. The maximum Gasteiger partial charge on any atom is 0.435 e. The zero-order valence-corrected chi connectivity index (χ0v) is 21.9. The number of nitrogens with zero attached hydrogens (tertiary/aromatic N) is 4. The number of anilines is 1. The van der Waals surface area contributed by atoms with Crippen molar-refractivity contribution in [3.63, 3.8) is 0 Å². The third kappa shape index (κ3) is 5.44. The summed E-state index contributed by atoms with van der Waals surface area (Å²) in [5.41, 5.74) is -5.51. The number of alkyl halides is 6. The largest absolute Gasteiger partial charge is 0.435 e. The number of benzene rings is 1. The highest BCUT2D eigenvalue weighted by molar-refractivity contribution is 7.90. The van der Waals surface area contributed by atoms with E-state index in [0.29, 0.717) is 6.42 Å². The predicted molar refractivity (Wildman–Crippen MR) is 128 cm³/mol. The third-order valence-corrected chi connectivity index (χ3v) is 7.65. The lowest BCUT2D eigenvalue weighted by Gasteiger charge is -2.42. The van der Waals surface area contributed by atoms with Crippen LogP contribution in [0.5, 0.6) is 11.8 Å². The number of rotatable bonds is 6. The molecule has 214 valence electrons. The lowest BCUT2D eigenvalue weighted by Crippen LogP contribution is -2.48. The van der Waals surface area contributed by atoms with E-state index in [9.17, 15) is 39.6 Å². The van der Waals surface area contributed by atoms with E-state index >= 15 is 0 Å². The van der Waals surface area contributed by atoms with E-state index in [1.165, 1.54) is 25.1 Å². The van der Waals surface area contributed by atoms with E-state index in [1.807, 2.05) is 0 Å². The topological polar surface area (TPSA) is 124 Å². The molecular formula is C24H21F6N5O4S. The van der Waals surface area contributed by atoms with E-state index < -0.39 is 62.1 Å². The molecule has 1 fully saturated rings. The van der Waals surface area contributed by atoms with Crippen LogP contribution in [0.15, 0.2) is 35.4 Å². The maximum atomic E-state index is 13.7.